The van der Waals surface area contributed by atoms with E-state index in [9.17, 15) is 9.18 Å². The molecule has 9 heteroatoms. The van der Waals surface area contributed by atoms with Gasteiger partial charge in [0, 0.05) is 41.0 Å². The highest BCUT2D eigenvalue weighted by Gasteiger charge is 2.20. The van der Waals surface area contributed by atoms with Crippen molar-refractivity contribution in [3.63, 3.8) is 0 Å². The number of nitrogens with one attached hydrogen (secondary N) is 1. The minimum atomic E-state index is -1.05. The second-order valence-corrected chi connectivity index (χ2v) is 7.34. The maximum Gasteiger partial charge on any atom is 0.283 e. The number of hydrogen-bond donors (Lipinski definition) is 2. The standard InChI is InChI=1S/C23H18FN7O/c1-13(24)23(32)28-17-6-3-14(4-7-17)20-19(21-22(25)26-12-27-31(21)29-20)16-5-8-18-15(11-16)9-10-30(18)2/h3-12H,1H2,2H3,(H,28,32)(H2,25,26,27). The zero-order valence-corrected chi connectivity index (χ0v) is 17.1. The smallest absolute Gasteiger partial charge is 0.283 e. The molecule has 0 atom stereocenters. The quantitative estimate of drug-likeness (QED) is 0.423. The van der Waals surface area contributed by atoms with Gasteiger partial charge in [0.2, 0.25) is 0 Å². The van der Waals surface area contributed by atoms with Crippen LogP contribution in [0.5, 0.6) is 0 Å². The molecule has 0 aliphatic rings. The van der Waals surface area contributed by atoms with Crippen LogP contribution >= 0.6 is 0 Å². The van der Waals surface area contributed by atoms with E-state index < -0.39 is 11.7 Å². The Labute approximate surface area is 181 Å². The van der Waals surface area contributed by atoms with Gasteiger partial charge in [0.05, 0.1) is 0 Å². The number of rotatable bonds is 4. The molecule has 0 saturated heterocycles. The van der Waals surface area contributed by atoms with Crippen molar-refractivity contribution in [1.82, 2.24) is 24.4 Å². The summed E-state index contributed by atoms with van der Waals surface area (Å²) in [6, 6.07) is 15.1. The van der Waals surface area contributed by atoms with Gasteiger partial charge in [-0.25, -0.2) is 9.37 Å². The van der Waals surface area contributed by atoms with Gasteiger partial charge in [-0.3, -0.25) is 4.79 Å². The molecular weight excluding hydrogens is 409 g/mol. The molecule has 32 heavy (non-hydrogen) atoms. The molecule has 0 saturated carbocycles. The van der Waals surface area contributed by atoms with Crippen molar-refractivity contribution in [2.24, 2.45) is 7.05 Å². The molecule has 5 rings (SSSR count). The fraction of sp³-hybridized carbons (Fsp3) is 0.0435. The molecule has 3 N–H and O–H groups in total. The van der Waals surface area contributed by atoms with E-state index in [0.29, 0.717) is 22.7 Å². The van der Waals surface area contributed by atoms with Gasteiger partial charge in [-0.15, -0.1) is 14.8 Å². The Morgan fingerprint density at radius 1 is 1.12 bits per heavy atom. The van der Waals surface area contributed by atoms with Crippen LogP contribution in [0.15, 0.2) is 73.5 Å². The van der Waals surface area contributed by atoms with Gasteiger partial charge < -0.3 is 15.6 Å². The van der Waals surface area contributed by atoms with Gasteiger partial charge >= 0.3 is 0 Å². The fourth-order valence-corrected chi connectivity index (χ4v) is 3.74. The minimum Gasteiger partial charge on any atom is -0.382 e. The van der Waals surface area contributed by atoms with Crippen molar-refractivity contribution in [3.05, 3.63) is 73.5 Å². The summed E-state index contributed by atoms with van der Waals surface area (Å²) in [6.07, 6.45) is 3.35. The van der Waals surface area contributed by atoms with Crippen LogP contribution in [0.3, 0.4) is 0 Å². The monoisotopic (exact) mass is 427 g/mol. The Bertz CT molecular complexity index is 1520. The lowest BCUT2D eigenvalue weighted by molar-refractivity contribution is -0.114. The largest absolute Gasteiger partial charge is 0.382 e. The maximum absolute atomic E-state index is 13.0. The molecule has 0 unspecified atom stereocenters. The molecule has 0 bridgehead atoms. The van der Waals surface area contributed by atoms with Crippen LogP contribution < -0.4 is 11.1 Å². The van der Waals surface area contributed by atoms with E-state index >= 15 is 0 Å². The molecule has 8 nitrogen and oxygen atoms in total. The van der Waals surface area contributed by atoms with E-state index in [4.69, 9.17) is 5.73 Å². The molecule has 0 aliphatic carbocycles. The molecule has 1 amide bonds. The van der Waals surface area contributed by atoms with Crippen LogP contribution in [0.2, 0.25) is 0 Å². The highest BCUT2D eigenvalue weighted by Crippen LogP contribution is 2.38. The highest BCUT2D eigenvalue weighted by molar-refractivity contribution is 6.02. The van der Waals surface area contributed by atoms with Crippen LogP contribution in [-0.2, 0) is 11.8 Å². The number of benzene rings is 2. The van der Waals surface area contributed by atoms with E-state index in [2.05, 4.69) is 33.1 Å². The first-order chi connectivity index (χ1) is 15.4. The van der Waals surface area contributed by atoms with Crippen molar-refractivity contribution in [3.8, 4) is 22.4 Å². The van der Waals surface area contributed by atoms with Gasteiger partial charge in [-0.1, -0.05) is 24.8 Å². The predicted molar refractivity (Wildman–Crippen MR) is 121 cm³/mol. The zero-order valence-electron chi connectivity index (χ0n) is 17.1. The van der Waals surface area contributed by atoms with E-state index in [1.165, 1.54) is 11.0 Å². The van der Waals surface area contributed by atoms with Crippen molar-refractivity contribution in [1.29, 1.82) is 0 Å². The summed E-state index contributed by atoms with van der Waals surface area (Å²) in [5, 5.41) is 12.4. The lowest BCUT2D eigenvalue weighted by atomic mass is 9.98. The molecule has 3 heterocycles. The molecule has 0 radical (unpaired) electrons. The molecule has 158 valence electrons. The van der Waals surface area contributed by atoms with E-state index in [0.717, 1.165) is 27.6 Å². The Balaban J connectivity index is 1.67. The topological polar surface area (TPSA) is 103 Å². The van der Waals surface area contributed by atoms with Crippen LogP contribution in [0, 0.1) is 0 Å². The lowest BCUT2D eigenvalue weighted by Gasteiger charge is -2.07. The summed E-state index contributed by atoms with van der Waals surface area (Å²) in [5.41, 5.74) is 11.5. The molecule has 5 aromatic rings. The first-order valence-electron chi connectivity index (χ1n) is 9.73. The number of aryl methyl sites for hydroxylation is 1. The summed E-state index contributed by atoms with van der Waals surface area (Å²) in [6.45, 7) is 3.00. The molecule has 0 aliphatic heterocycles. The molecule has 0 fully saturated rings. The lowest BCUT2D eigenvalue weighted by Crippen LogP contribution is -2.10. The molecule has 0 spiro atoms. The number of aromatic nitrogens is 5. The third kappa shape index (κ3) is 3.16. The van der Waals surface area contributed by atoms with Crippen LogP contribution in [0.4, 0.5) is 15.9 Å². The number of anilines is 2. The van der Waals surface area contributed by atoms with Gasteiger partial charge in [0.15, 0.2) is 11.6 Å². The Hall–Kier alpha value is -4.53. The zero-order chi connectivity index (χ0) is 22.4. The summed E-state index contributed by atoms with van der Waals surface area (Å²) < 4.78 is 16.5. The number of amides is 1. The predicted octanol–water partition coefficient (Wildman–Crippen LogP) is 3.95. The number of carbonyl (C=O) groups excluding carboxylic acids is 1. The van der Waals surface area contributed by atoms with E-state index in [-0.39, 0.29) is 0 Å². The number of nitrogen functional groups attached to an aromatic ring is 1. The Morgan fingerprint density at radius 2 is 1.88 bits per heavy atom. The Morgan fingerprint density at radius 3 is 2.62 bits per heavy atom. The molecule has 2 aromatic carbocycles. The molecular formula is C23H18FN7O. The fourth-order valence-electron chi connectivity index (χ4n) is 3.74. The molecule has 3 aromatic heterocycles. The normalized spacial score (nSPS) is 11.2. The van der Waals surface area contributed by atoms with E-state index in [1.54, 1.807) is 24.3 Å². The van der Waals surface area contributed by atoms with Crippen molar-refractivity contribution in [2.45, 2.75) is 0 Å². The second kappa shape index (κ2) is 7.31. The highest BCUT2D eigenvalue weighted by atomic mass is 19.1. The SMILES string of the molecule is C=C(F)C(=O)Nc1ccc(-c2nn3ncnc(N)c3c2-c2ccc3c(ccn3C)c2)cc1. The number of hydrogen-bond acceptors (Lipinski definition) is 5. The third-order valence-corrected chi connectivity index (χ3v) is 5.31. The summed E-state index contributed by atoms with van der Waals surface area (Å²) in [4.78, 5) is 15.7. The average molecular weight is 427 g/mol. The number of carbonyl (C=O) groups is 1. The number of fused-ring (bicyclic) bond motifs is 2. The van der Waals surface area contributed by atoms with Gasteiger partial charge in [-0.05, 0) is 35.9 Å². The number of halogens is 1. The van der Waals surface area contributed by atoms with Crippen molar-refractivity contribution in [2.75, 3.05) is 11.1 Å². The van der Waals surface area contributed by atoms with Crippen LogP contribution in [-0.4, -0.2) is 30.3 Å². The van der Waals surface area contributed by atoms with Crippen LogP contribution in [0.25, 0.3) is 38.8 Å². The van der Waals surface area contributed by atoms with Crippen molar-refractivity contribution < 1.29 is 9.18 Å². The maximum atomic E-state index is 13.0. The van der Waals surface area contributed by atoms with Crippen molar-refractivity contribution >= 4 is 33.8 Å². The summed E-state index contributed by atoms with van der Waals surface area (Å²) in [7, 11) is 1.99. The van der Waals surface area contributed by atoms with Gasteiger partial charge in [-0.2, -0.15) is 0 Å². The van der Waals surface area contributed by atoms with E-state index in [1.807, 2.05) is 36.0 Å². The minimum absolute atomic E-state index is 0.312. The second-order valence-electron chi connectivity index (χ2n) is 7.34. The van der Waals surface area contributed by atoms with Crippen LogP contribution in [0.1, 0.15) is 0 Å². The third-order valence-electron chi connectivity index (χ3n) is 5.31. The summed E-state index contributed by atoms with van der Waals surface area (Å²) in [5.74, 6) is -1.63. The summed E-state index contributed by atoms with van der Waals surface area (Å²) >= 11 is 0. The Kier molecular flexibility index (Phi) is 4.44. The number of nitrogens with two attached hydrogens (primary N) is 1. The average Bonchev–Trinajstić information content (AvgIpc) is 3.35. The van der Waals surface area contributed by atoms with Gasteiger partial charge in [0.25, 0.3) is 5.91 Å². The van der Waals surface area contributed by atoms with Gasteiger partial charge in [0.1, 0.15) is 17.5 Å². The number of nitrogens with zero attached hydrogens (tertiary/aromatic N) is 5. The first-order valence-corrected chi connectivity index (χ1v) is 9.73. The first kappa shape index (κ1) is 19.4.